The van der Waals surface area contributed by atoms with Gasteiger partial charge in [0.05, 0.1) is 5.56 Å². The summed E-state index contributed by atoms with van der Waals surface area (Å²) in [5, 5.41) is 0.876. The number of carbonyl (C=O) groups excluding carboxylic acids is 1. The molecule has 0 bridgehead atoms. The van der Waals surface area contributed by atoms with Crippen LogP contribution in [0.5, 0.6) is 0 Å². The van der Waals surface area contributed by atoms with Gasteiger partial charge in [-0.3, -0.25) is 9.78 Å². The Hall–Kier alpha value is -2.62. The van der Waals surface area contributed by atoms with Gasteiger partial charge in [0.2, 0.25) is 0 Å². The van der Waals surface area contributed by atoms with Gasteiger partial charge in [-0.15, -0.1) is 0 Å². The Morgan fingerprint density at radius 1 is 1.18 bits per heavy atom. The van der Waals surface area contributed by atoms with Crippen LogP contribution < -0.4 is 0 Å². The molecule has 0 radical (unpaired) electrons. The summed E-state index contributed by atoms with van der Waals surface area (Å²) in [5.74, 6) is 0.665. The largest absolute Gasteiger partial charge is 0.461 e. The number of furan rings is 1. The van der Waals surface area contributed by atoms with E-state index in [0.717, 1.165) is 17.4 Å². The van der Waals surface area contributed by atoms with Crippen LogP contribution in [0.1, 0.15) is 21.7 Å². The molecule has 0 unspecified atom stereocenters. The van der Waals surface area contributed by atoms with E-state index in [9.17, 15) is 4.79 Å². The minimum atomic E-state index is -0.00324. The zero-order valence-electron chi connectivity index (χ0n) is 12.7. The van der Waals surface area contributed by atoms with Gasteiger partial charge >= 0.3 is 0 Å². The van der Waals surface area contributed by atoms with Gasteiger partial charge < -0.3 is 9.32 Å². The minimum Gasteiger partial charge on any atom is -0.461 e. The lowest BCUT2D eigenvalue weighted by Crippen LogP contribution is -2.29. The standard InChI is InChI=1S/C18H18N2O2/c1-13-17(15-5-3-4-6-16(15)22-13)18(21)20(2)12-9-14-7-10-19-11-8-14/h3-8,10-11H,9,12H2,1-2H3. The Labute approximate surface area is 129 Å². The Morgan fingerprint density at radius 3 is 2.68 bits per heavy atom. The zero-order valence-corrected chi connectivity index (χ0v) is 12.7. The fourth-order valence-electron chi connectivity index (χ4n) is 2.57. The van der Waals surface area contributed by atoms with Crippen molar-refractivity contribution in [2.24, 2.45) is 0 Å². The second kappa shape index (κ2) is 6.02. The molecule has 3 aromatic rings. The van der Waals surface area contributed by atoms with Crippen LogP contribution in [-0.2, 0) is 6.42 Å². The number of carbonyl (C=O) groups is 1. The number of fused-ring (bicyclic) bond motifs is 1. The normalized spacial score (nSPS) is 10.8. The first-order valence-electron chi connectivity index (χ1n) is 7.29. The van der Waals surface area contributed by atoms with Crippen LogP contribution in [0.25, 0.3) is 11.0 Å². The molecule has 3 rings (SSSR count). The fourth-order valence-corrected chi connectivity index (χ4v) is 2.57. The van der Waals surface area contributed by atoms with Crippen LogP contribution in [0.3, 0.4) is 0 Å². The Kier molecular flexibility index (Phi) is 3.92. The summed E-state index contributed by atoms with van der Waals surface area (Å²) in [6.07, 6.45) is 4.34. The predicted molar refractivity (Wildman–Crippen MR) is 85.9 cm³/mol. The molecule has 0 atom stereocenters. The summed E-state index contributed by atoms with van der Waals surface area (Å²) >= 11 is 0. The molecule has 0 aliphatic rings. The minimum absolute atomic E-state index is 0.00324. The number of rotatable bonds is 4. The Morgan fingerprint density at radius 2 is 1.91 bits per heavy atom. The second-order valence-electron chi connectivity index (χ2n) is 5.36. The monoisotopic (exact) mass is 294 g/mol. The number of pyridine rings is 1. The Balaban J connectivity index is 1.79. The third-order valence-corrected chi connectivity index (χ3v) is 3.82. The summed E-state index contributed by atoms with van der Waals surface area (Å²) in [4.78, 5) is 18.5. The molecular formula is C18H18N2O2. The summed E-state index contributed by atoms with van der Waals surface area (Å²) < 4.78 is 5.68. The number of hydrogen-bond donors (Lipinski definition) is 0. The van der Waals surface area contributed by atoms with Crippen molar-refractivity contribution in [2.75, 3.05) is 13.6 Å². The van der Waals surface area contributed by atoms with Crippen molar-refractivity contribution in [1.29, 1.82) is 0 Å². The first-order chi connectivity index (χ1) is 10.7. The van der Waals surface area contributed by atoms with Crippen molar-refractivity contribution in [3.63, 3.8) is 0 Å². The van der Waals surface area contributed by atoms with E-state index in [2.05, 4.69) is 4.98 Å². The third kappa shape index (κ3) is 2.72. The van der Waals surface area contributed by atoms with Gasteiger partial charge in [-0.05, 0) is 37.1 Å². The van der Waals surface area contributed by atoms with Crippen LogP contribution >= 0.6 is 0 Å². The van der Waals surface area contributed by atoms with Gasteiger partial charge in [0.1, 0.15) is 11.3 Å². The van der Waals surface area contributed by atoms with E-state index in [-0.39, 0.29) is 5.91 Å². The molecule has 0 spiro atoms. The maximum Gasteiger partial charge on any atom is 0.257 e. The molecule has 2 aromatic heterocycles. The van der Waals surface area contributed by atoms with Crippen molar-refractivity contribution < 1.29 is 9.21 Å². The van der Waals surface area contributed by atoms with E-state index in [1.54, 1.807) is 17.3 Å². The molecule has 0 N–H and O–H groups in total. The number of amides is 1. The average Bonchev–Trinajstić information content (AvgIpc) is 2.88. The molecule has 0 saturated carbocycles. The molecule has 4 heteroatoms. The molecule has 0 saturated heterocycles. The molecule has 4 nitrogen and oxygen atoms in total. The summed E-state index contributed by atoms with van der Waals surface area (Å²) in [5.41, 5.74) is 2.59. The second-order valence-corrected chi connectivity index (χ2v) is 5.36. The fraction of sp³-hybridized carbons (Fsp3) is 0.222. The third-order valence-electron chi connectivity index (χ3n) is 3.82. The van der Waals surface area contributed by atoms with Gasteiger partial charge in [0, 0.05) is 31.4 Å². The van der Waals surface area contributed by atoms with E-state index in [0.29, 0.717) is 17.9 Å². The first kappa shape index (κ1) is 14.3. The smallest absolute Gasteiger partial charge is 0.257 e. The van der Waals surface area contributed by atoms with Crippen LogP contribution in [-0.4, -0.2) is 29.4 Å². The van der Waals surface area contributed by atoms with E-state index in [4.69, 9.17) is 4.42 Å². The molecule has 112 valence electrons. The number of para-hydroxylation sites is 1. The van der Waals surface area contributed by atoms with Crippen LogP contribution in [0, 0.1) is 6.92 Å². The molecule has 22 heavy (non-hydrogen) atoms. The summed E-state index contributed by atoms with van der Waals surface area (Å²) in [7, 11) is 1.82. The highest BCUT2D eigenvalue weighted by Gasteiger charge is 2.20. The highest BCUT2D eigenvalue weighted by Crippen LogP contribution is 2.26. The molecule has 0 fully saturated rings. The number of hydrogen-bond acceptors (Lipinski definition) is 3. The van der Waals surface area contributed by atoms with E-state index >= 15 is 0 Å². The SMILES string of the molecule is Cc1oc2ccccc2c1C(=O)N(C)CCc1ccncc1. The van der Waals surface area contributed by atoms with Crippen LogP contribution in [0.2, 0.25) is 0 Å². The van der Waals surface area contributed by atoms with Crippen molar-refractivity contribution in [2.45, 2.75) is 13.3 Å². The average molecular weight is 294 g/mol. The van der Waals surface area contributed by atoms with Gasteiger partial charge in [-0.1, -0.05) is 18.2 Å². The topological polar surface area (TPSA) is 46.3 Å². The number of benzene rings is 1. The summed E-state index contributed by atoms with van der Waals surface area (Å²) in [6.45, 7) is 2.49. The first-order valence-corrected chi connectivity index (χ1v) is 7.29. The number of aromatic nitrogens is 1. The summed E-state index contributed by atoms with van der Waals surface area (Å²) in [6, 6.07) is 11.6. The molecule has 0 aliphatic heterocycles. The van der Waals surface area contributed by atoms with Crippen LogP contribution in [0.15, 0.2) is 53.2 Å². The molecule has 2 heterocycles. The van der Waals surface area contributed by atoms with Gasteiger partial charge in [-0.2, -0.15) is 0 Å². The van der Waals surface area contributed by atoms with Gasteiger partial charge in [0.15, 0.2) is 0 Å². The van der Waals surface area contributed by atoms with Crippen molar-refractivity contribution >= 4 is 16.9 Å². The van der Waals surface area contributed by atoms with E-state index in [1.165, 1.54) is 5.56 Å². The predicted octanol–water partition coefficient (Wildman–Crippen LogP) is 3.45. The van der Waals surface area contributed by atoms with Crippen LogP contribution in [0.4, 0.5) is 0 Å². The quantitative estimate of drug-likeness (QED) is 0.740. The highest BCUT2D eigenvalue weighted by atomic mass is 16.3. The van der Waals surface area contributed by atoms with Crippen molar-refractivity contribution in [1.82, 2.24) is 9.88 Å². The lowest BCUT2D eigenvalue weighted by atomic mass is 10.1. The number of aryl methyl sites for hydroxylation is 1. The number of nitrogens with zero attached hydrogens (tertiary/aromatic N) is 2. The van der Waals surface area contributed by atoms with Crippen molar-refractivity contribution in [3.05, 3.63) is 65.7 Å². The lowest BCUT2D eigenvalue weighted by molar-refractivity contribution is 0.0796. The maximum atomic E-state index is 12.7. The van der Waals surface area contributed by atoms with E-state index in [1.807, 2.05) is 50.4 Å². The molecule has 1 aromatic carbocycles. The maximum absolute atomic E-state index is 12.7. The van der Waals surface area contributed by atoms with Gasteiger partial charge in [0.25, 0.3) is 5.91 Å². The van der Waals surface area contributed by atoms with E-state index < -0.39 is 0 Å². The molecular weight excluding hydrogens is 276 g/mol. The number of likely N-dealkylation sites (N-methyl/N-ethyl adjacent to an activating group) is 1. The van der Waals surface area contributed by atoms with Crippen molar-refractivity contribution in [3.8, 4) is 0 Å². The zero-order chi connectivity index (χ0) is 15.5. The lowest BCUT2D eigenvalue weighted by Gasteiger charge is -2.17. The molecule has 0 aliphatic carbocycles. The Bertz CT molecular complexity index is 793. The highest BCUT2D eigenvalue weighted by molar-refractivity contribution is 6.07. The molecule has 1 amide bonds. The van der Waals surface area contributed by atoms with Gasteiger partial charge in [-0.25, -0.2) is 0 Å².